The van der Waals surface area contributed by atoms with Crippen LogP contribution in [0, 0.1) is 10.1 Å². The van der Waals surface area contributed by atoms with Crippen molar-refractivity contribution in [1.82, 2.24) is 14.2 Å². The van der Waals surface area contributed by atoms with E-state index in [0.717, 1.165) is 11.6 Å². The molecule has 1 aromatic heterocycles. The zero-order valence-corrected chi connectivity index (χ0v) is 16.4. The molecule has 1 aromatic carbocycles. The molecular weight excluding hydrogens is 415 g/mol. The normalized spacial score (nSPS) is 16.4. The highest BCUT2D eigenvalue weighted by Crippen LogP contribution is 2.23. The summed E-state index contributed by atoms with van der Waals surface area (Å²) >= 11 is 11.8. The second-order valence-corrected chi connectivity index (χ2v) is 8.77. The minimum atomic E-state index is -3.78. The molecular formula is C16H16Cl2N4O4S. The summed E-state index contributed by atoms with van der Waals surface area (Å²) in [6.45, 7) is 2.19. The number of pyridine rings is 1. The van der Waals surface area contributed by atoms with Gasteiger partial charge in [-0.2, -0.15) is 4.31 Å². The molecule has 1 saturated heterocycles. The molecule has 0 amide bonds. The van der Waals surface area contributed by atoms with Gasteiger partial charge in [0.15, 0.2) is 0 Å². The molecule has 3 rings (SSSR count). The van der Waals surface area contributed by atoms with Gasteiger partial charge in [0.25, 0.3) is 5.69 Å². The first-order valence-electron chi connectivity index (χ1n) is 8.04. The standard InChI is InChI=1S/C16H16Cl2N4O4S/c17-15-8-12(9-16(18)19-15)11-20-4-6-21(7-5-20)27(25,26)14-3-1-2-13(10-14)22(23)24/h1-3,8-10H,4-7,11H2. The smallest absolute Gasteiger partial charge is 0.270 e. The first kappa shape index (κ1) is 20.0. The van der Waals surface area contributed by atoms with Crippen molar-refractivity contribution in [2.45, 2.75) is 11.4 Å². The van der Waals surface area contributed by atoms with E-state index < -0.39 is 14.9 Å². The van der Waals surface area contributed by atoms with E-state index in [9.17, 15) is 18.5 Å². The van der Waals surface area contributed by atoms with Crippen molar-refractivity contribution < 1.29 is 13.3 Å². The van der Waals surface area contributed by atoms with Crippen LogP contribution in [0.15, 0.2) is 41.3 Å². The predicted molar refractivity (Wildman–Crippen MR) is 101 cm³/mol. The number of nitro groups is 1. The second-order valence-electron chi connectivity index (χ2n) is 6.06. The van der Waals surface area contributed by atoms with Gasteiger partial charge in [0.05, 0.1) is 9.82 Å². The molecule has 144 valence electrons. The van der Waals surface area contributed by atoms with Crippen LogP contribution in [0.2, 0.25) is 10.3 Å². The van der Waals surface area contributed by atoms with Crippen molar-refractivity contribution in [1.29, 1.82) is 0 Å². The number of rotatable bonds is 5. The SMILES string of the molecule is O=[N+]([O-])c1cccc(S(=O)(=O)N2CCN(Cc3cc(Cl)nc(Cl)c3)CC2)c1. The molecule has 1 aliphatic rings. The van der Waals surface area contributed by atoms with Crippen LogP contribution < -0.4 is 0 Å². The van der Waals surface area contributed by atoms with Gasteiger partial charge in [-0.25, -0.2) is 13.4 Å². The average molecular weight is 431 g/mol. The van der Waals surface area contributed by atoms with Gasteiger partial charge in [0.1, 0.15) is 10.3 Å². The molecule has 11 heteroatoms. The van der Waals surface area contributed by atoms with E-state index in [-0.39, 0.29) is 23.7 Å². The topological polar surface area (TPSA) is 96.6 Å². The second kappa shape index (κ2) is 8.07. The lowest BCUT2D eigenvalue weighted by atomic mass is 10.2. The summed E-state index contributed by atoms with van der Waals surface area (Å²) in [5, 5.41) is 11.5. The van der Waals surface area contributed by atoms with Crippen molar-refractivity contribution in [2.24, 2.45) is 0 Å². The van der Waals surface area contributed by atoms with Crippen molar-refractivity contribution in [3.05, 3.63) is 62.4 Å². The molecule has 1 aliphatic heterocycles. The number of hydrogen-bond donors (Lipinski definition) is 0. The molecule has 0 atom stereocenters. The van der Waals surface area contributed by atoms with Crippen LogP contribution in [0.4, 0.5) is 5.69 Å². The summed E-state index contributed by atoms with van der Waals surface area (Å²) in [7, 11) is -3.78. The lowest BCUT2D eigenvalue weighted by Gasteiger charge is -2.34. The molecule has 0 saturated carbocycles. The Bertz CT molecular complexity index is 942. The third-order valence-electron chi connectivity index (χ3n) is 4.23. The van der Waals surface area contributed by atoms with Gasteiger partial charge in [0.2, 0.25) is 10.0 Å². The summed E-state index contributed by atoms with van der Waals surface area (Å²) in [6, 6.07) is 8.54. The molecule has 0 N–H and O–H groups in total. The molecule has 2 heterocycles. The zero-order valence-electron chi connectivity index (χ0n) is 14.1. The maximum Gasteiger partial charge on any atom is 0.270 e. The van der Waals surface area contributed by atoms with Crippen molar-refractivity contribution >= 4 is 38.9 Å². The third kappa shape index (κ3) is 4.74. The van der Waals surface area contributed by atoms with Crippen molar-refractivity contribution in [3.8, 4) is 0 Å². The van der Waals surface area contributed by atoms with E-state index in [1.807, 2.05) is 0 Å². The van der Waals surface area contributed by atoms with E-state index in [1.54, 1.807) is 12.1 Å². The largest absolute Gasteiger partial charge is 0.296 e. The highest BCUT2D eigenvalue weighted by molar-refractivity contribution is 7.89. The van der Waals surface area contributed by atoms with Crippen LogP contribution >= 0.6 is 23.2 Å². The Morgan fingerprint density at radius 1 is 1.07 bits per heavy atom. The fourth-order valence-corrected chi connectivity index (χ4v) is 4.87. The van der Waals surface area contributed by atoms with Crippen LogP contribution in [-0.4, -0.2) is 53.7 Å². The molecule has 27 heavy (non-hydrogen) atoms. The van der Waals surface area contributed by atoms with E-state index >= 15 is 0 Å². The number of nitro benzene ring substituents is 1. The maximum atomic E-state index is 12.8. The van der Waals surface area contributed by atoms with Crippen LogP contribution in [0.1, 0.15) is 5.56 Å². The maximum absolute atomic E-state index is 12.8. The number of sulfonamides is 1. The highest BCUT2D eigenvalue weighted by Gasteiger charge is 2.29. The number of aromatic nitrogens is 1. The predicted octanol–water partition coefficient (Wildman–Crippen LogP) is 2.80. The molecule has 8 nitrogen and oxygen atoms in total. The molecule has 0 aliphatic carbocycles. The first-order valence-corrected chi connectivity index (χ1v) is 10.2. The highest BCUT2D eigenvalue weighted by atomic mass is 35.5. The summed E-state index contributed by atoms with van der Waals surface area (Å²) in [5.41, 5.74) is 0.649. The Morgan fingerprint density at radius 2 is 1.70 bits per heavy atom. The van der Waals surface area contributed by atoms with Gasteiger partial charge in [-0.05, 0) is 23.8 Å². The number of benzene rings is 1. The van der Waals surface area contributed by atoms with Gasteiger partial charge >= 0.3 is 0 Å². The van der Waals surface area contributed by atoms with Crippen LogP contribution in [0.3, 0.4) is 0 Å². The Kier molecular flexibility index (Phi) is 5.97. The minimum Gasteiger partial charge on any atom is -0.296 e. The van der Waals surface area contributed by atoms with Gasteiger partial charge in [0, 0.05) is 44.9 Å². The van der Waals surface area contributed by atoms with Crippen LogP contribution in [0.5, 0.6) is 0 Å². The number of halogens is 2. The van der Waals surface area contributed by atoms with Crippen LogP contribution in [0.25, 0.3) is 0 Å². The monoisotopic (exact) mass is 430 g/mol. The molecule has 0 radical (unpaired) electrons. The lowest BCUT2D eigenvalue weighted by molar-refractivity contribution is -0.385. The number of nitrogens with zero attached hydrogens (tertiary/aromatic N) is 4. The molecule has 1 fully saturated rings. The lowest BCUT2D eigenvalue weighted by Crippen LogP contribution is -2.48. The number of non-ortho nitro benzene ring substituents is 1. The molecule has 0 bridgehead atoms. The molecule has 2 aromatic rings. The van der Waals surface area contributed by atoms with Gasteiger partial charge in [-0.15, -0.1) is 0 Å². The first-order chi connectivity index (χ1) is 12.8. The fraction of sp³-hybridized carbons (Fsp3) is 0.312. The average Bonchev–Trinajstić information content (AvgIpc) is 2.61. The quantitative estimate of drug-likeness (QED) is 0.410. The van der Waals surface area contributed by atoms with Gasteiger partial charge in [-0.1, -0.05) is 29.3 Å². The van der Waals surface area contributed by atoms with E-state index in [1.165, 1.54) is 22.5 Å². The Balaban J connectivity index is 1.67. The van der Waals surface area contributed by atoms with E-state index in [0.29, 0.717) is 29.9 Å². The summed E-state index contributed by atoms with van der Waals surface area (Å²) in [4.78, 5) is 16.2. The van der Waals surface area contributed by atoms with E-state index in [4.69, 9.17) is 23.2 Å². The van der Waals surface area contributed by atoms with Gasteiger partial charge in [-0.3, -0.25) is 15.0 Å². The number of piperazine rings is 1. The summed E-state index contributed by atoms with van der Waals surface area (Å²) in [5.74, 6) is 0. The third-order valence-corrected chi connectivity index (χ3v) is 6.51. The summed E-state index contributed by atoms with van der Waals surface area (Å²) in [6.07, 6.45) is 0. The van der Waals surface area contributed by atoms with Gasteiger partial charge < -0.3 is 0 Å². The zero-order chi connectivity index (χ0) is 19.6. The Hall–Kier alpha value is -1.78. The Morgan fingerprint density at radius 3 is 2.30 bits per heavy atom. The Labute approximate surface area is 166 Å². The fourth-order valence-electron chi connectivity index (χ4n) is 2.90. The number of hydrogen-bond acceptors (Lipinski definition) is 6. The minimum absolute atomic E-state index is 0.0714. The van der Waals surface area contributed by atoms with Crippen molar-refractivity contribution in [2.75, 3.05) is 26.2 Å². The summed E-state index contributed by atoms with van der Waals surface area (Å²) < 4.78 is 26.9. The van der Waals surface area contributed by atoms with Crippen LogP contribution in [-0.2, 0) is 16.6 Å². The molecule has 0 spiro atoms. The van der Waals surface area contributed by atoms with Crippen molar-refractivity contribution in [3.63, 3.8) is 0 Å². The van der Waals surface area contributed by atoms with E-state index in [2.05, 4.69) is 9.88 Å². The molecule has 0 unspecified atom stereocenters.